The highest BCUT2D eigenvalue weighted by Crippen LogP contribution is 2.49. The van der Waals surface area contributed by atoms with Gasteiger partial charge in [0.15, 0.2) is 5.78 Å². The van der Waals surface area contributed by atoms with Crippen LogP contribution in [0.4, 0.5) is 0 Å². The predicted octanol–water partition coefficient (Wildman–Crippen LogP) is 4.39. The van der Waals surface area contributed by atoms with Crippen molar-refractivity contribution >= 4 is 34.2 Å². The molecule has 0 aliphatic carbocycles. The molecule has 24 heavy (non-hydrogen) atoms. The van der Waals surface area contributed by atoms with Crippen LogP contribution in [0.1, 0.15) is 17.3 Å². The molecule has 0 bridgehead atoms. The van der Waals surface area contributed by atoms with Gasteiger partial charge in [-0.15, -0.1) is 0 Å². The fraction of sp³-hybridized carbons (Fsp3) is 0.0952. The van der Waals surface area contributed by atoms with Gasteiger partial charge in [0.2, 0.25) is 0 Å². The highest BCUT2D eigenvalue weighted by molar-refractivity contribution is 8.22. The van der Waals surface area contributed by atoms with Gasteiger partial charge in [0.1, 0.15) is 0 Å². The minimum atomic E-state index is -2.25. The third-order valence-corrected chi connectivity index (χ3v) is 9.93. The molecule has 1 atom stereocenters. The first-order valence-corrected chi connectivity index (χ1v) is 10.8. The van der Waals surface area contributed by atoms with Gasteiger partial charge in [-0.25, -0.2) is 0 Å². The fourth-order valence-electron chi connectivity index (χ4n) is 2.90. The largest absolute Gasteiger partial charge is 0.293 e. The lowest BCUT2D eigenvalue weighted by Gasteiger charge is -2.29. The zero-order valence-electron chi connectivity index (χ0n) is 13.5. The van der Waals surface area contributed by atoms with E-state index in [9.17, 15) is 4.79 Å². The SMILES string of the molecule is CC(C(=O)c1ccccc1)P(=S)(c1ccccc1)c1ccccc1. The number of hydrogen-bond donors (Lipinski definition) is 0. The van der Waals surface area contributed by atoms with Crippen molar-refractivity contribution in [3.8, 4) is 0 Å². The minimum absolute atomic E-state index is 0.117. The molecule has 3 rings (SSSR count). The van der Waals surface area contributed by atoms with Crippen molar-refractivity contribution in [3.63, 3.8) is 0 Å². The lowest BCUT2D eigenvalue weighted by Crippen LogP contribution is -2.29. The highest BCUT2D eigenvalue weighted by Gasteiger charge is 2.34. The Balaban J connectivity index is 2.12. The fourth-order valence-corrected chi connectivity index (χ4v) is 6.82. The van der Waals surface area contributed by atoms with Gasteiger partial charge in [0.25, 0.3) is 0 Å². The summed E-state index contributed by atoms with van der Waals surface area (Å²) in [6.07, 6.45) is 0. The molecule has 120 valence electrons. The number of carbonyl (C=O) groups excluding carboxylic acids is 1. The zero-order chi connectivity index (χ0) is 17.0. The Morgan fingerprint density at radius 1 is 0.750 bits per heavy atom. The molecule has 0 heterocycles. The quantitative estimate of drug-likeness (QED) is 0.501. The monoisotopic (exact) mass is 350 g/mol. The van der Waals surface area contributed by atoms with Crippen LogP contribution in [0.25, 0.3) is 0 Å². The third kappa shape index (κ3) is 3.13. The molecule has 3 aromatic rings. The van der Waals surface area contributed by atoms with Crippen molar-refractivity contribution < 1.29 is 4.79 Å². The summed E-state index contributed by atoms with van der Waals surface area (Å²) in [6, 6.07) is 27.4. The van der Waals surface area contributed by atoms with Crippen LogP contribution in [0.5, 0.6) is 0 Å². The van der Waals surface area contributed by atoms with Crippen molar-refractivity contribution in [1.29, 1.82) is 0 Å². The average molecular weight is 350 g/mol. The smallest absolute Gasteiger partial charge is 0.171 e. The van der Waals surface area contributed by atoms with Gasteiger partial charge >= 0.3 is 0 Å². The molecule has 0 fully saturated rings. The van der Waals surface area contributed by atoms with E-state index in [0.717, 1.165) is 16.2 Å². The van der Waals surface area contributed by atoms with Gasteiger partial charge in [-0.2, -0.15) is 0 Å². The molecule has 3 heteroatoms. The van der Waals surface area contributed by atoms with Crippen LogP contribution in [0.2, 0.25) is 0 Å². The van der Waals surface area contributed by atoms with E-state index in [-0.39, 0.29) is 11.4 Å². The second kappa shape index (κ2) is 7.25. The van der Waals surface area contributed by atoms with Crippen LogP contribution in [-0.2, 0) is 11.8 Å². The number of ketones is 1. The van der Waals surface area contributed by atoms with E-state index in [0.29, 0.717) is 0 Å². The molecule has 0 aliphatic rings. The maximum absolute atomic E-state index is 13.1. The molecule has 0 saturated heterocycles. The van der Waals surface area contributed by atoms with Crippen molar-refractivity contribution in [1.82, 2.24) is 0 Å². The van der Waals surface area contributed by atoms with Crippen molar-refractivity contribution in [2.45, 2.75) is 12.6 Å². The van der Waals surface area contributed by atoms with E-state index in [4.69, 9.17) is 11.8 Å². The summed E-state index contributed by atoms with van der Waals surface area (Å²) >= 11 is 6.22. The molecule has 0 saturated carbocycles. The lowest BCUT2D eigenvalue weighted by atomic mass is 10.1. The summed E-state index contributed by atoms with van der Waals surface area (Å²) in [4.78, 5) is 13.1. The summed E-state index contributed by atoms with van der Waals surface area (Å²) in [7, 11) is 0. The van der Waals surface area contributed by atoms with Crippen molar-refractivity contribution in [3.05, 3.63) is 96.6 Å². The van der Waals surface area contributed by atoms with Crippen LogP contribution in [0.3, 0.4) is 0 Å². The zero-order valence-corrected chi connectivity index (χ0v) is 15.2. The number of hydrogen-bond acceptors (Lipinski definition) is 2. The Labute approximate surface area is 148 Å². The normalized spacial score (nSPS) is 12.5. The number of benzene rings is 3. The molecule has 1 unspecified atom stereocenters. The molecule has 0 amide bonds. The van der Waals surface area contributed by atoms with E-state index in [1.54, 1.807) is 0 Å². The molecule has 0 radical (unpaired) electrons. The molecular weight excluding hydrogens is 331 g/mol. The molecule has 0 aliphatic heterocycles. The Kier molecular flexibility index (Phi) is 5.08. The van der Waals surface area contributed by atoms with Gasteiger partial charge in [0, 0.05) is 11.6 Å². The van der Waals surface area contributed by atoms with Crippen LogP contribution in [0.15, 0.2) is 91.0 Å². The van der Waals surface area contributed by atoms with Gasteiger partial charge in [-0.1, -0.05) is 103 Å². The second-order valence-electron chi connectivity index (χ2n) is 5.74. The molecular formula is C21H19OPS. The summed E-state index contributed by atoms with van der Waals surface area (Å²) in [5.74, 6) is 0.117. The third-order valence-electron chi connectivity index (χ3n) is 4.26. The first-order chi connectivity index (χ1) is 11.6. The molecule has 1 nitrogen and oxygen atoms in total. The molecule has 0 N–H and O–H groups in total. The Hall–Kier alpha value is -2.02. The lowest BCUT2D eigenvalue weighted by molar-refractivity contribution is 0.0992. The Morgan fingerprint density at radius 3 is 1.54 bits per heavy atom. The van der Waals surface area contributed by atoms with E-state index in [1.807, 2.05) is 73.7 Å². The number of carbonyl (C=O) groups is 1. The second-order valence-corrected chi connectivity index (χ2v) is 10.6. The molecule has 0 spiro atoms. The van der Waals surface area contributed by atoms with Crippen molar-refractivity contribution in [2.24, 2.45) is 0 Å². The molecule has 3 aromatic carbocycles. The maximum atomic E-state index is 13.1. The van der Waals surface area contributed by atoms with Crippen LogP contribution in [0, 0.1) is 0 Å². The highest BCUT2D eigenvalue weighted by atomic mass is 32.4. The summed E-state index contributed by atoms with van der Waals surface area (Å²) in [5, 5.41) is 2.17. The predicted molar refractivity (Wildman–Crippen MR) is 107 cm³/mol. The maximum Gasteiger partial charge on any atom is 0.171 e. The van der Waals surface area contributed by atoms with Gasteiger partial charge in [-0.3, -0.25) is 4.79 Å². The summed E-state index contributed by atoms with van der Waals surface area (Å²) < 4.78 is 0. The van der Waals surface area contributed by atoms with Crippen LogP contribution >= 0.6 is 6.04 Å². The first-order valence-electron chi connectivity index (χ1n) is 7.94. The van der Waals surface area contributed by atoms with E-state index in [2.05, 4.69) is 24.3 Å². The van der Waals surface area contributed by atoms with Crippen molar-refractivity contribution in [2.75, 3.05) is 0 Å². The van der Waals surface area contributed by atoms with Gasteiger partial charge in [0.05, 0.1) is 5.66 Å². The van der Waals surface area contributed by atoms with E-state index >= 15 is 0 Å². The Morgan fingerprint density at radius 2 is 1.12 bits per heavy atom. The van der Waals surface area contributed by atoms with Crippen LogP contribution in [-0.4, -0.2) is 11.4 Å². The topological polar surface area (TPSA) is 17.1 Å². The minimum Gasteiger partial charge on any atom is -0.293 e. The van der Waals surface area contributed by atoms with Crippen LogP contribution < -0.4 is 10.6 Å². The number of rotatable bonds is 5. The van der Waals surface area contributed by atoms with Gasteiger partial charge in [-0.05, 0) is 17.5 Å². The average Bonchev–Trinajstić information content (AvgIpc) is 2.68. The van der Waals surface area contributed by atoms with E-state index < -0.39 is 6.04 Å². The van der Waals surface area contributed by atoms with Gasteiger partial charge < -0.3 is 0 Å². The van der Waals surface area contributed by atoms with E-state index in [1.165, 1.54) is 0 Å². The summed E-state index contributed by atoms with van der Waals surface area (Å²) in [5.41, 5.74) is 0.478. The summed E-state index contributed by atoms with van der Waals surface area (Å²) in [6.45, 7) is 1.98. The first kappa shape index (κ1) is 16.8. The Bertz CT molecular complexity index is 817. The number of Topliss-reactive ketones (excluding diaryl/α,β-unsaturated/α-hetero) is 1. The standard InChI is InChI=1S/C21H19OPS/c1-17(21(22)18-11-5-2-6-12-18)23(24,19-13-7-3-8-14-19)20-15-9-4-10-16-20/h2-17H,1H3. The molecule has 0 aromatic heterocycles.